The Morgan fingerprint density at radius 2 is 1.64 bits per heavy atom. The smallest absolute Gasteiger partial charge is 0.329 e. The molecule has 6 nitrogen and oxygen atoms in total. The highest BCUT2D eigenvalue weighted by Gasteiger charge is 2.15. The number of ether oxygens (including phenoxy) is 1. The van der Waals surface area contributed by atoms with E-state index in [9.17, 15) is 9.59 Å². The van der Waals surface area contributed by atoms with Gasteiger partial charge in [-0.2, -0.15) is 5.10 Å². The zero-order valence-corrected chi connectivity index (χ0v) is 15.9. The summed E-state index contributed by atoms with van der Waals surface area (Å²) in [6, 6.07) is 17.2. The summed E-state index contributed by atoms with van der Waals surface area (Å²) in [5.74, 6) is -1.01. The molecule has 0 bridgehead atoms. The number of rotatable bonds is 4. The minimum absolute atomic E-state index is 0.622. The molecule has 6 heteroatoms. The molecular formula is C22H21N3O3. The average molecular weight is 375 g/mol. The topological polar surface area (TPSA) is 79.8 Å². The zero-order valence-electron chi connectivity index (χ0n) is 15.9. The van der Waals surface area contributed by atoms with E-state index in [2.05, 4.69) is 15.8 Å². The molecule has 0 aromatic heterocycles. The lowest BCUT2D eigenvalue weighted by molar-refractivity contribution is -0.136. The van der Waals surface area contributed by atoms with Crippen molar-refractivity contribution in [2.24, 2.45) is 5.10 Å². The molecule has 0 aliphatic rings. The number of hydrogen-bond donors (Lipinski definition) is 2. The Hall–Kier alpha value is -3.67. The number of nitrogens with one attached hydrogen (secondary N) is 2. The van der Waals surface area contributed by atoms with Crippen molar-refractivity contribution in [1.82, 2.24) is 5.43 Å². The van der Waals surface area contributed by atoms with E-state index in [1.807, 2.05) is 68.4 Å². The van der Waals surface area contributed by atoms with Gasteiger partial charge in [0.15, 0.2) is 0 Å². The van der Waals surface area contributed by atoms with Gasteiger partial charge < -0.3 is 10.1 Å². The lowest BCUT2D eigenvalue weighted by Gasteiger charge is -2.10. The van der Waals surface area contributed by atoms with Crippen molar-refractivity contribution in [2.45, 2.75) is 13.8 Å². The van der Waals surface area contributed by atoms with Crippen LogP contribution in [0.15, 0.2) is 59.7 Å². The van der Waals surface area contributed by atoms with Gasteiger partial charge in [0.05, 0.1) is 13.3 Å². The minimum Gasteiger partial charge on any atom is -0.496 e. The maximum atomic E-state index is 12.2. The van der Waals surface area contributed by atoms with Crippen molar-refractivity contribution in [1.29, 1.82) is 0 Å². The van der Waals surface area contributed by atoms with Crippen molar-refractivity contribution in [3.05, 3.63) is 71.3 Å². The molecule has 0 heterocycles. The van der Waals surface area contributed by atoms with Crippen LogP contribution in [-0.4, -0.2) is 25.1 Å². The van der Waals surface area contributed by atoms with Crippen molar-refractivity contribution in [3.8, 4) is 5.75 Å². The third kappa shape index (κ3) is 4.01. The van der Waals surface area contributed by atoms with E-state index in [0.717, 1.165) is 27.5 Å². The number of hydrazone groups is 1. The highest BCUT2D eigenvalue weighted by atomic mass is 16.5. The Bertz CT molecular complexity index is 1050. The largest absolute Gasteiger partial charge is 0.496 e. The first-order valence-corrected chi connectivity index (χ1v) is 8.77. The quantitative estimate of drug-likeness (QED) is 0.416. The lowest BCUT2D eigenvalue weighted by Crippen LogP contribution is -2.32. The second-order valence-electron chi connectivity index (χ2n) is 6.32. The highest BCUT2D eigenvalue weighted by Crippen LogP contribution is 2.26. The lowest BCUT2D eigenvalue weighted by atomic mass is 10.0. The van der Waals surface area contributed by atoms with E-state index in [1.54, 1.807) is 7.11 Å². The number of hydrogen-bond acceptors (Lipinski definition) is 4. The van der Waals surface area contributed by atoms with Gasteiger partial charge in [0.2, 0.25) is 0 Å². The third-order valence-corrected chi connectivity index (χ3v) is 4.44. The number of fused-ring (bicyclic) bond motifs is 1. The second-order valence-corrected chi connectivity index (χ2v) is 6.32. The Morgan fingerprint density at radius 3 is 2.36 bits per heavy atom. The number of nitrogens with zero attached hydrogens (tertiary/aromatic N) is 1. The van der Waals surface area contributed by atoms with Crippen LogP contribution in [-0.2, 0) is 9.59 Å². The van der Waals surface area contributed by atoms with Gasteiger partial charge in [-0.1, -0.05) is 48.5 Å². The highest BCUT2D eigenvalue weighted by molar-refractivity contribution is 6.39. The summed E-state index contributed by atoms with van der Waals surface area (Å²) in [5.41, 5.74) is 5.37. The molecular weight excluding hydrogens is 354 g/mol. The Kier molecular flexibility index (Phi) is 5.69. The van der Waals surface area contributed by atoms with Gasteiger partial charge in [0, 0.05) is 11.3 Å². The summed E-state index contributed by atoms with van der Waals surface area (Å²) in [5, 5.41) is 8.52. The Labute approximate surface area is 163 Å². The summed E-state index contributed by atoms with van der Waals surface area (Å²) in [6.07, 6.45) is 1.48. The van der Waals surface area contributed by atoms with E-state index < -0.39 is 11.8 Å². The molecule has 2 amide bonds. The van der Waals surface area contributed by atoms with Gasteiger partial charge in [0.1, 0.15) is 5.75 Å². The standard InChI is InChI=1S/C22H21N3O3/c1-14-7-6-8-15(2)20(14)24-21(26)22(27)25-23-13-18-17-10-5-4-9-16(17)11-12-19(18)28-3/h4-13H,1-3H3,(H,24,26)(H,25,27)/b23-13-. The van der Waals surface area contributed by atoms with Crippen LogP contribution in [0.4, 0.5) is 5.69 Å². The first-order valence-electron chi connectivity index (χ1n) is 8.77. The van der Waals surface area contributed by atoms with Crippen LogP contribution in [0, 0.1) is 13.8 Å². The molecule has 3 aromatic rings. The number of para-hydroxylation sites is 1. The van der Waals surface area contributed by atoms with E-state index >= 15 is 0 Å². The van der Waals surface area contributed by atoms with Gasteiger partial charge in [0.25, 0.3) is 0 Å². The summed E-state index contributed by atoms with van der Waals surface area (Å²) >= 11 is 0. The fourth-order valence-corrected chi connectivity index (χ4v) is 2.97. The summed E-state index contributed by atoms with van der Waals surface area (Å²) in [7, 11) is 1.57. The van der Waals surface area contributed by atoms with Gasteiger partial charge in [-0.25, -0.2) is 5.43 Å². The van der Waals surface area contributed by atoms with Crippen LogP contribution in [0.5, 0.6) is 5.75 Å². The normalized spacial score (nSPS) is 10.8. The molecule has 0 spiro atoms. The fraction of sp³-hybridized carbons (Fsp3) is 0.136. The maximum absolute atomic E-state index is 12.2. The van der Waals surface area contributed by atoms with Crippen LogP contribution < -0.4 is 15.5 Å². The van der Waals surface area contributed by atoms with Crippen LogP contribution in [0.3, 0.4) is 0 Å². The van der Waals surface area contributed by atoms with Crippen molar-refractivity contribution >= 4 is 34.5 Å². The molecule has 0 saturated heterocycles. The molecule has 0 aliphatic heterocycles. The molecule has 0 aliphatic carbocycles. The van der Waals surface area contributed by atoms with Gasteiger partial charge >= 0.3 is 11.8 Å². The molecule has 2 N–H and O–H groups in total. The molecule has 3 rings (SSSR count). The molecule has 28 heavy (non-hydrogen) atoms. The zero-order chi connectivity index (χ0) is 20.1. The molecule has 0 radical (unpaired) electrons. The van der Waals surface area contributed by atoms with Crippen molar-refractivity contribution < 1.29 is 14.3 Å². The van der Waals surface area contributed by atoms with Crippen LogP contribution in [0.1, 0.15) is 16.7 Å². The maximum Gasteiger partial charge on any atom is 0.329 e. The van der Waals surface area contributed by atoms with Crippen LogP contribution in [0.2, 0.25) is 0 Å². The average Bonchev–Trinajstić information content (AvgIpc) is 2.70. The van der Waals surface area contributed by atoms with Crippen molar-refractivity contribution in [3.63, 3.8) is 0 Å². The predicted molar refractivity (Wildman–Crippen MR) is 111 cm³/mol. The molecule has 0 atom stereocenters. The Morgan fingerprint density at radius 1 is 0.929 bits per heavy atom. The van der Waals surface area contributed by atoms with Gasteiger partial charge in [-0.05, 0) is 41.8 Å². The molecule has 0 fully saturated rings. The predicted octanol–water partition coefficient (Wildman–Crippen LogP) is 3.55. The van der Waals surface area contributed by atoms with Crippen LogP contribution >= 0.6 is 0 Å². The number of methoxy groups -OCH3 is 1. The first-order chi connectivity index (χ1) is 13.5. The van der Waals surface area contributed by atoms with Crippen molar-refractivity contribution in [2.75, 3.05) is 12.4 Å². The number of aryl methyl sites for hydroxylation is 2. The first kappa shape index (κ1) is 19.1. The summed E-state index contributed by atoms with van der Waals surface area (Å²) in [4.78, 5) is 24.3. The number of carbonyl (C=O) groups is 2. The summed E-state index contributed by atoms with van der Waals surface area (Å²) < 4.78 is 5.38. The number of amides is 2. The molecule has 0 unspecified atom stereocenters. The fourth-order valence-electron chi connectivity index (χ4n) is 2.97. The molecule has 3 aromatic carbocycles. The number of benzene rings is 3. The summed E-state index contributed by atoms with van der Waals surface area (Å²) in [6.45, 7) is 3.73. The van der Waals surface area contributed by atoms with E-state index in [0.29, 0.717) is 11.4 Å². The van der Waals surface area contributed by atoms with Crippen LogP contribution in [0.25, 0.3) is 10.8 Å². The number of carbonyl (C=O) groups excluding carboxylic acids is 2. The monoisotopic (exact) mass is 375 g/mol. The second kappa shape index (κ2) is 8.35. The molecule has 0 saturated carbocycles. The Balaban J connectivity index is 1.75. The van der Waals surface area contributed by atoms with Gasteiger partial charge in [-0.3, -0.25) is 9.59 Å². The minimum atomic E-state index is -0.849. The van der Waals surface area contributed by atoms with E-state index in [-0.39, 0.29) is 0 Å². The van der Waals surface area contributed by atoms with Gasteiger partial charge in [-0.15, -0.1) is 0 Å². The molecule has 142 valence electrons. The number of anilines is 1. The van der Waals surface area contributed by atoms with E-state index in [4.69, 9.17) is 4.74 Å². The SMILES string of the molecule is COc1ccc2ccccc2c1/C=N\NC(=O)C(=O)Nc1c(C)cccc1C. The third-order valence-electron chi connectivity index (χ3n) is 4.44. The van der Waals surface area contributed by atoms with E-state index in [1.165, 1.54) is 6.21 Å².